The van der Waals surface area contributed by atoms with Gasteiger partial charge in [0.05, 0.1) is 0 Å². The Kier molecular flexibility index (Phi) is 1.89. The molecule has 0 amide bonds. The topological polar surface area (TPSA) is 34.1 Å². The van der Waals surface area contributed by atoms with E-state index in [0.29, 0.717) is 0 Å². The molecule has 0 N–H and O–H groups in total. The van der Waals surface area contributed by atoms with Crippen LogP contribution < -0.4 is 0 Å². The molecule has 2 aliphatic rings. The maximum absolute atomic E-state index is 11.7. The zero-order valence-corrected chi connectivity index (χ0v) is 10.1. The van der Waals surface area contributed by atoms with Crippen molar-refractivity contribution >= 4 is 34.2 Å². The van der Waals surface area contributed by atoms with Gasteiger partial charge in [0.15, 0.2) is 0 Å². The van der Waals surface area contributed by atoms with Crippen LogP contribution in [0.5, 0.6) is 0 Å². The summed E-state index contributed by atoms with van der Waals surface area (Å²) >= 11 is 2.30. The minimum atomic E-state index is -0.351. The Morgan fingerprint density at radius 1 is 1.46 bits per heavy atom. The van der Waals surface area contributed by atoms with Crippen molar-refractivity contribution in [3.8, 4) is 0 Å². The van der Waals surface area contributed by atoms with Crippen molar-refractivity contribution in [1.82, 2.24) is 0 Å². The van der Waals surface area contributed by atoms with E-state index in [1.54, 1.807) is 0 Å². The number of carbonyl (C=O) groups is 2. The second-order valence-electron chi connectivity index (χ2n) is 4.67. The first-order valence-electron chi connectivity index (χ1n) is 4.62. The maximum Gasteiger partial charge on any atom is 0.205 e. The minimum Gasteiger partial charge on any atom is -0.291 e. The van der Waals surface area contributed by atoms with E-state index >= 15 is 0 Å². The van der Waals surface area contributed by atoms with E-state index in [1.807, 2.05) is 6.92 Å². The van der Waals surface area contributed by atoms with Crippen LogP contribution in [0, 0.1) is 16.7 Å². The number of hydrogen-bond donors (Lipinski definition) is 0. The van der Waals surface area contributed by atoms with Crippen LogP contribution in [0.25, 0.3) is 0 Å². The lowest BCUT2D eigenvalue weighted by atomic mass is 9.70. The van der Waals surface area contributed by atoms with Gasteiger partial charge in [-0.15, -0.1) is 0 Å². The minimum absolute atomic E-state index is 0.0156. The van der Waals surface area contributed by atoms with E-state index in [4.69, 9.17) is 0 Å². The number of halogens is 1. The van der Waals surface area contributed by atoms with Gasteiger partial charge in [0.25, 0.3) is 0 Å². The van der Waals surface area contributed by atoms with Crippen LogP contribution in [0.15, 0.2) is 0 Å². The normalized spacial score (nSPS) is 49.0. The number of carbonyl (C=O) groups excluding carboxylic acids is 2. The summed E-state index contributed by atoms with van der Waals surface area (Å²) in [6, 6.07) is 0. The van der Waals surface area contributed by atoms with Gasteiger partial charge >= 0.3 is 0 Å². The highest BCUT2D eigenvalue weighted by Crippen LogP contribution is 2.62. The predicted octanol–water partition coefficient (Wildman–Crippen LogP) is 2.00. The molecule has 2 fully saturated rings. The number of alkyl halides is 1. The molecule has 0 aromatic heterocycles. The number of ketones is 2. The molecular weight excluding hydrogens is 279 g/mol. The fraction of sp³-hybridized carbons (Fsp3) is 0.800. The van der Waals surface area contributed by atoms with Crippen molar-refractivity contribution in [2.24, 2.45) is 16.7 Å². The van der Waals surface area contributed by atoms with E-state index in [1.165, 1.54) is 0 Å². The number of Topliss-reactive ketones (excluding diaryl/α,β-unsaturated/α-hetero) is 2. The van der Waals surface area contributed by atoms with Gasteiger partial charge in [-0.2, -0.15) is 0 Å². The predicted molar refractivity (Wildman–Crippen MR) is 57.8 cm³/mol. The molecule has 13 heavy (non-hydrogen) atoms. The maximum atomic E-state index is 11.7. The molecule has 2 bridgehead atoms. The summed E-state index contributed by atoms with van der Waals surface area (Å²) in [6.07, 6.45) is 1.82. The van der Waals surface area contributed by atoms with Crippen LogP contribution in [-0.2, 0) is 9.59 Å². The molecule has 3 heteroatoms. The summed E-state index contributed by atoms with van der Waals surface area (Å²) in [7, 11) is 0. The summed E-state index contributed by atoms with van der Waals surface area (Å²) in [5.41, 5.74) is -0.419. The Balaban J connectivity index is 2.55. The van der Waals surface area contributed by atoms with Crippen LogP contribution >= 0.6 is 22.6 Å². The summed E-state index contributed by atoms with van der Waals surface area (Å²) in [5, 5.41) is 0. The Hall–Kier alpha value is 0.0700. The summed E-state index contributed by atoms with van der Waals surface area (Å²) in [6.45, 7) is 4.07. The Morgan fingerprint density at radius 3 is 2.38 bits per heavy atom. The van der Waals surface area contributed by atoms with Crippen molar-refractivity contribution < 1.29 is 9.59 Å². The molecule has 0 spiro atoms. The lowest BCUT2D eigenvalue weighted by molar-refractivity contribution is -0.141. The van der Waals surface area contributed by atoms with Crippen LogP contribution in [0.1, 0.15) is 26.7 Å². The number of fused-ring (bicyclic) bond motifs is 2. The first-order chi connectivity index (χ1) is 5.97. The van der Waals surface area contributed by atoms with E-state index in [2.05, 4.69) is 29.5 Å². The lowest BCUT2D eigenvalue weighted by Gasteiger charge is -2.33. The number of hydrogen-bond acceptors (Lipinski definition) is 2. The van der Waals surface area contributed by atoms with Crippen molar-refractivity contribution in [1.29, 1.82) is 0 Å². The van der Waals surface area contributed by atoms with E-state index < -0.39 is 0 Å². The summed E-state index contributed by atoms with van der Waals surface area (Å²) in [5.74, 6) is -0.197. The third kappa shape index (κ3) is 0.845. The van der Waals surface area contributed by atoms with E-state index in [0.717, 1.165) is 17.3 Å². The molecule has 0 aromatic rings. The van der Waals surface area contributed by atoms with Crippen molar-refractivity contribution in [3.05, 3.63) is 0 Å². The smallest absolute Gasteiger partial charge is 0.205 e. The quantitative estimate of drug-likeness (QED) is 0.421. The fourth-order valence-electron chi connectivity index (χ4n) is 2.89. The molecule has 0 heterocycles. The molecule has 0 aliphatic heterocycles. The van der Waals surface area contributed by atoms with Crippen molar-refractivity contribution in [2.45, 2.75) is 26.7 Å². The Morgan fingerprint density at radius 2 is 2.08 bits per heavy atom. The SMILES string of the molecule is C[C@]12CC[C@@H](C(=O)C1=O)[C@@]2(C)CI. The van der Waals surface area contributed by atoms with Crippen molar-refractivity contribution in [2.75, 3.05) is 4.43 Å². The molecule has 2 saturated carbocycles. The molecule has 3 atom stereocenters. The lowest BCUT2D eigenvalue weighted by Crippen LogP contribution is -2.36. The van der Waals surface area contributed by atoms with Gasteiger partial charge in [-0.25, -0.2) is 0 Å². The van der Waals surface area contributed by atoms with Gasteiger partial charge in [-0.3, -0.25) is 9.59 Å². The fourth-order valence-corrected chi connectivity index (χ4v) is 4.26. The highest BCUT2D eigenvalue weighted by Gasteiger charge is 2.67. The molecule has 0 aromatic carbocycles. The third-order valence-electron chi connectivity index (χ3n) is 4.28. The molecule has 2 nitrogen and oxygen atoms in total. The van der Waals surface area contributed by atoms with Gasteiger partial charge in [0.2, 0.25) is 11.6 Å². The van der Waals surface area contributed by atoms with Gasteiger partial charge in [0, 0.05) is 15.8 Å². The largest absolute Gasteiger partial charge is 0.291 e. The van der Waals surface area contributed by atoms with Gasteiger partial charge in [0.1, 0.15) is 0 Å². The summed E-state index contributed by atoms with van der Waals surface area (Å²) < 4.78 is 0.906. The average Bonchev–Trinajstić information content (AvgIpc) is 2.44. The molecule has 2 rings (SSSR count). The molecular formula is C10H13IO2. The van der Waals surface area contributed by atoms with Crippen LogP contribution in [0.2, 0.25) is 0 Å². The third-order valence-corrected chi connectivity index (χ3v) is 5.87. The molecule has 2 aliphatic carbocycles. The number of rotatable bonds is 1. The van der Waals surface area contributed by atoms with Crippen LogP contribution in [-0.4, -0.2) is 16.0 Å². The van der Waals surface area contributed by atoms with Gasteiger partial charge in [-0.05, 0) is 18.3 Å². The monoisotopic (exact) mass is 292 g/mol. The second-order valence-corrected chi connectivity index (χ2v) is 5.43. The first kappa shape index (κ1) is 9.62. The first-order valence-corrected chi connectivity index (χ1v) is 6.14. The highest BCUT2D eigenvalue weighted by atomic mass is 127. The second kappa shape index (κ2) is 2.55. The highest BCUT2D eigenvalue weighted by molar-refractivity contribution is 14.1. The zero-order chi connectivity index (χ0) is 9.85. The van der Waals surface area contributed by atoms with Gasteiger partial charge < -0.3 is 0 Å². The van der Waals surface area contributed by atoms with E-state index in [-0.39, 0.29) is 28.3 Å². The molecule has 0 unspecified atom stereocenters. The average molecular weight is 292 g/mol. The van der Waals surface area contributed by atoms with Crippen molar-refractivity contribution in [3.63, 3.8) is 0 Å². The summed E-state index contributed by atoms with van der Waals surface area (Å²) in [4.78, 5) is 23.3. The zero-order valence-electron chi connectivity index (χ0n) is 7.89. The van der Waals surface area contributed by atoms with Crippen LogP contribution in [0.4, 0.5) is 0 Å². The molecule has 72 valence electrons. The van der Waals surface area contributed by atoms with Gasteiger partial charge in [-0.1, -0.05) is 36.4 Å². The molecule has 0 saturated heterocycles. The molecule has 0 radical (unpaired) electrons. The van der Waals surface area contributed by atoms with Crippen LogP contribution in [0.3, 0.4) is 0 Å². The Bertz CT molecular complexity index is 299. The van der Waals surface area contributed by atoms with E-state index in [9.17, 15) is 9.59 Å². The standard InChI is InChI=1S/C10H13IO2/c1-9-4-3-6(7(12)8(9)13)10(9,2)5-11/h6H,3-5H2,1-2H3/t6-,9-,10+/m0/s1. The Labute approximate surface area is 91.6 Å².